The van der Waals surface area contributed by atoms with Crippen LogP contribution < -0.4 is 5.69 Å². The van der Waals surface area contributed by atoms with Crippen LogP contribution >= 0.6 is 0 Å². The first-order valence-electron chi connectivity index (χ1n) is 9.25. The van der Waals surface area contributed by atoms with Gasteiger partial charge < -0.3 is 5.11 Å². The Bertz CT molecular complexity index is 1200. The molecule has 9 heteroatoms. The van der Waals surface area contributed by atoms with E-state index >= 15 is 0 Å². The zero-order valence-corrected chi connectivity index (χ0v) is 16.1. The zero-order chi connectivity index (χ0) is 21.3. The van der Waals surface area contributed by atoms with Crippen LogP contribution in [0.5, 0.6) is 0 Å². The molecule has 2 heterocycles. The van der Waals surface area contributed by atoms with Gasteiger partial charge in [-0.2, -0.15) is 5.10 Å². The molecule has 0 spiro atoms. The molecule has 0 bridgehead atoms. The second kappa shape index (κ2) is 7.68. The van der Waals surface area contributed by atoms with E-state index in [1.165, 1.54) is 38.7 Å². The molecule has 154 valence electrons. The second-order valence-corrected chi connectivity index (χ2v) is 7.01. The lowest BCUT2D eigenvalue weighted by molar-refractivity contribution is -0.0342. The fraction of sp³-hybridized carbons (Fsp3) is 0.190. The lowest BCUT2D eigenvalue weighted by Gasteiger charge is -2.35. The quantitative estimate of drug-likeness (QED) is 0.529. The number of rotatable bonds is 6. The Hall–Kier alpha value is -3.59. The van der Waals surface area contributed by atoms with Crippen molar-refractivity contribution >= 4 is 0 Å². The Balaban J connectivity index is 1.82. The van der Waals surface area contributed by atoms with Gasteiger partial charge in [-0.15, -0.1) is 0 Å². The molecule has 7 nitrogen and oxygen atoms in total. The largest absolute Gasteiger partial charge is 0.381 e. The van der Waals surface area contributed by atoms with Crippen molar-refractivity contribution in [3.8, 4) is 5.69 Å². The Kier molecular flexibility index (Phi) is 5.04. The molecular weight excluding hydrogens is 392 g/mol. The van der Waals surface area contributed by atoms with Gasteiger partial charge in [0, 0.05) is 24.0 Å². The molecule has 2 aromatic carbocycles. The number of aromatic nitrogens is 5. The van der Waals surface area contributed by atoms with E-state index in [0.29, 0.717) is 11.8 Å². The minimum absolute atomic E-state index is 0.147. The molecular formula is C21H19F2N5O2. The second-order valence-electron chi connectivity index (χ2n) is 7.01. The van der Waals surface area contributed by atoms with Gasteiger partial charge in [0.15, 0.2) is 0 Å². The van der Waals surface area contributed by atoms with E-state index < -0.39 is 29.0 Å². The molecule has 0 saturated heterocycles. The average molecular weight is 411 g/mol. The van der Waals surface area contributed by atoms with Crippen LogP contribution in [0, 0.1) is 11.6 Å². The molecule has 2 unspecified atom stereocenters. The fourth-order valence-electron chi connectivity index (χ4n) is 3.54. The maximum absolute atomic E-state index is 14.7. The van der Waals surface area contributed by atoms with Crippen molar-refractivity contribution < 1.29 is 13.9 Å². The topological polar surface area (TPSA) is 77.9 Å². The van der Waals surface area contributed by atoms with Crippen molar-refractivity contribution in [1.82, 2.24) is 23.9 Å². The highest BCUT2D eigenvalue weighted by Gasteiger charge is 2.41. The van der Waals surface area contributed by atoms with E-state index in [4.69, 9.17) is 0 Å². The van der Waals surface area contributed by atoms with E-state index in [1.807, 2.05) is 6.07 Å². The third-order valence-electron chi connectivity index (χ3n) is 5.21. The van der Waals surface area contributed by atoms with Crippen molar-refractivity contribution in [3.05, 3.63) is 101 Å². The van der Waals surface area contributed by atoms with Crippen molar-refractivity contribution in [2.75, 3.05) is 0 Å². The van der Waals surface area contributed by atoms with E-state index in [9.17, 15) is 18.7 Å². The van der Waals surface area contributed by atoms with Crippen LogP contribution in [-0.2, 0) is 12.1 Å². The highest BCUT2D eigenvalue weighted by atomic mass is 19.1. The Morgan fingerprint density at radius 1 is 1.13 bits per heavy atom. The molecule has 0 radical (unpaired) electrons. The van der Waals surface area contributed by atoms with E-state index in [0.717, 1.165) is 6.07 Å². The number of hydrogen-bond acceptors (Lipinski definition) is 4. The maximum atomic E-state index is 14.7. The monoisotopic (exact) mass is 411 g/mol. The molecule has 0 fully saturated rings. The Morgan fingerprint density at radius 3 is 2.57 bits per heavy atom. The number of aliphatic hydroxyl groups is 1. The van der Waals surface area contributed by atoms with Gasteiger partial charge >= 0.3 is 5.69 Å². The molecule has 0 amide bonds. The standard InChI is InChI=1S/C21H19F2N5O2/c1-15(27-9-10-28(20(27)29)17-5-3-2-4-6-17)21(30,12-26-14-24-13-25-26)18-8-7-16(22)11-19(18)23/h2-11,13-15,30H,12H2,1H3. The minimum atomic E-state index is -1.92. The molecule has 2 atom stereocenters. The molecule has 4 aromatic rings. The summed E-state index contributed by atoms with van der Waals surface area (Å²) in [7, 11) is 0. The number of hydrogen-bond donors (Lipinski definition) is 1. The van der Waals surface area contributed by atoms with Crippen LogP contribution in [-0.4, -0.2) is 29.0 Å². The Labute approximate surface area is 170 Å². The molecule has 0 saturated carbocycles. The summed E-state index contributed by atoms with van der Waals surface area (Å²) in [6, 6.07) is 11.0. The van der Waals surface area contributed by atoms with E-state index in [2.05, 4.69) is 10.1 Å². The van der Waals surface area contributed by atoms with Crippen molar-refractivity contribution in [2.24, 2.45) is 0 Å². The third kappa shape index (κ3) is 3.43. The van der Waals surface area contributed by atoms with Gasteiger partial charge in [0.05, 0.1) is 18.3 Å². The fourth-order valence-corrected chi connectivity index (χ4v) is 3.54. The Morgan fingerprint density at radius 2 is 1.90 bits per heavy atom. The highest BCUT2D eigenvalue weighted by molar-refractivity contribution is 5.31. The van der Waals surface area contributed by atoms with Gasteiger partial charge in [0.2, 0.25) is 0 Å². The summed E-state index contributed by atoms with van der Waals surface area (Å²) in [4.78, 5) is 16.9. The maximum Gasteiger partial charge on any atom is 0.333 e. The summed E-state index contributed by atoms with van der Waals surface area (Å²) in [5.74, 6) is -1.68. The summed E-state index contributed by atoms with van der Waals surface area (Å²) < 4.78 is 32.2. The number of halogens is 2. The zero-order valence-electron chi connectivity index (χ0n) is 16.1. The molecule has 0 aliphatic rings. The van der Waals surface area contributed by atoms with Crippen LogP contribution in [0.3, 0.4) is 0 Å². The number of nitrogens with zero attached hydrogens (tertiary/aromatic N) is 5. The molecule has 0 aliphatic carbocycles. The van der Waals surface area contributed by atoms with Crippen molar-refractivity contribution in [2.45, 2.75) is 25.1 Å². The molecule has 1 N–H and O–H groups in total. The van der Waals surface area contributed by atoms with Crippen LogP contribution in [0.1, 0.15) is 18.5 Å². The van der Waals surface area contributed by atoms with Crippen molar-refractivity contribution in [3.63, 3.8) is 0 Å². The lowest BCUT2D eigenvalue weighted by atomic mass is 9.86. The third-order valence-corrected chi connectivity index (χ3v) is 5.21. The summed E-state index contributed by atoms with van der Waals surface area (Å²) >= 11 is 0. The predicted molar refractivity (Wildman–Crippen MR) is 105 cm³/mol. The van der Waals surface area contributed by atoms with Crippen LogP contribution in [0.4, 0.5) is 8.78 Å². The smallest absolute Gasteiger partial charge is 0.333 e. The van der Waals surface area contributed by atoms with E-state index in [1.54, 1.807) is 37.4 Å². The van der Waals surface area contributed by atoms with Gasteiger partial charge in [-0.25, -0.2) is 23.2 Å². The van der Waals surface area contributed by atoms with Gasteiger partial charge in [0.25, 0.3) is 0 Å². The number of para-hydroxylation sites is 1. The van der Waals surface area contributed by atoms with E-state index in [-0.39, 0.29) is 12.1 Å². The number of benzene rings is 2. The van der Waals surface area contributed by atoms with Gasteiger partial charge in [0.1, 0.15) is 29.9 Å². The molecule has 4 rings (SSSR count). The van der Waals surface area contributed by atoms with Gasteiger partial charge in [-0.05, 0) is 25.1 Å². The van der Waals surface area contributed by atoms with Crippen molar-refractivity contribution in [1.29, 1.82) is 0 Å². The molecule has 2 aromatic heterocycles. The first-order valence-corrected chi connectivity index (χ1v) is 9.25. The normalized spacial score (nSPS) is 14.4. The molecule has 0 aliphatic heterocycles. The average Bonchev–Trinajstić information content (AvgIpc) is 3.37. The molecule has 30 heavy (non-hydrogen) atoms. The highest BCUT2D eigenvalue weighted by Crippen LogP contribution is 2.36. The van der Waals surface area contributed by atoms with Crippen LogP contribution in [0.2, 0.25) is 0 Å². The van der Waals surface area contributed by atoms with Crippen LogP contribution in [0.25, 0.3) is 5.69 Å². The number of imidazole rings is 1. The summed E-state index contributed by atoms with van der Waals surface area (Å²) in [6.07, 6.45) is 5.75. The van der Waals surface area contributed by atoms with Gasteiger partial charge in [-0.1, -0.05) is 24.3 Å². The van der Waals surface area contributed by atoms with Crippen LogP contribution in [0.15, 0.2) is 78.4 Å². The summed E-state index contributed by atoms with van der Waals surface area (Å²) in [5.41, 5.74) is -1.82. The minimum Gasteiger partial charge on any atom is -0.381 e. The summed E-state index contributed by atoms with van der Waals surface area (Å²) in [5, 5.41) is 15.6. The first kappa shape index (κ1) is 19.7. The SMILES string of the molecule is CC(n1ccn(-c2ccccc2)c1=O)C(O)(Cn1cncn1)c1ccc(F)cc1F. The first-order chi connectivity index (χ1) is 14.4. The predicted octanol–water partition coefficient (Wildman–Crippen LogP) is 2.66. The lowest BCUT2D eigenvalue weighted by Crippen LogP contribution is -2.43. The van der Waals surface area contributed by atoms with Gasteiger partial charge in [-0.3, -0.25) is 9.13 Å². The summed E-state index contributed by atoms with van der Waals surface area (Å²) in [6.45, 7) is 1.40.